The van der Waals surface area contributed by atoms with Crippen LogP contribution in [0, 0.1) is 0 Å². The molecule has 0 fully saturated rings. The fraction of sp³-hybridized carbons (Fsp3) is 0.111. The summed E-state index contributed by atoms with van der Waals surface area (Å²) in [7, 11) is 1.46. The van der Waals surface area contributed by atoms with Crippen LogP contribution in [0.3, 0.4) is 0 Å². The summed E-state index contributed by atoms with van der Waals surface area (Å²) in [6.45, 7) is 0.195. The molecule has 2 N–H and O–H groups in total. The predicted octanol–water partition coefficient (Wildman–Crippen LogP) is 1.39. The van der Waals surface area contributed by atoms with Crippen molar-refractivity contribution in [3.8, 4) is 28.7 Å². The van der Waals surface area contributed by atoms with Crippen LogP contribution in [0.1, 0.15) is 15.4 Å². The second-order valence-corrected chi connectivity index (χ2v) is 7.12. The Labute approximate surface area is 161 Å². The van der Waals surface area contributed by atoms with Crippen molar-refractivity contribution >= 4 is 33.0 Å². The smallest absolute Gasteiger partial charge is 0.305 e. The molecule has 0 spiro atoms. The van der Waals surface area contributed by atoms with E-state index in [-0.39, 0.29) is 23.1 Å². The van der Waals surface area contributed by atoms with Crippen LogP contribution in [-0.4, -0.2) is 22.8 Å². The number of anilines is 1. The van der Waals surface area contributed by atoms with E-state index in [0.717, 1.165) is 21.6 Å². The summed E-state index contributed by atoms with van der Waals surface area (Å²) in [5, 5.41) is 15.9. The Morgan fingerprint density at radius 2 is 2.07 bits per heavy atom. The van der Waals surface area contributed by atoms with Crippen LogP contribution >= 0.6 is 11.3 Å². The molecule has 0 amide bonds. The quantitative estimate of drug-likeness (QED) is 0.406. The number of benzene rings is 1. The molecule has 10 heteroatoms. The Morgan fingerprint density at radius 3 is 2.86 bits per heavy atom. The van der Waals surface area contributed by atoms with Crippen molar-refractivity contribution in [2.75, 3.05) is 12.5 Å². The third-order valence-corrected chi connectivity index (χ3v) is 5.56. The summed E-state index contributed by atoms with van der Waals surface area (Å²) in [4.78, 5) is 18.2. The highest BCUT2D eigenvalue weighted by Crippen LogP contribution is 2.38. The number of carbonyl (C=O) groups is 1. The number of carbonyl (C=O) groups excluding carboxylic acids is 1. The van der Waals surface area contributed by atoms with E-state index in [9.17, 15) is 9.90 Å². The molecule has 28 heavy (non-hydrogen) atoms. The Kier molecular flexibility index (Phi) is 3.49. The molecular formula is C18H12N4O5S. The molecule has 140 valence electrons. The molecule has 9 nitrogen and oxygen atoms in total. The Morgan fingerprint density at radius 1 is 1.25 bits per heavy atom. The highest BCUT2D eigenvalue weighted by atomic mass is 32.1. The summed E-state index contributed by atoms with van der Waals surface area (Å²) < 4.78 is 16.4. The van der Waals surface area contributed by atoms with Gasteiger partial charge in [0.25, 0.3) is 5.78 Å². The van der Waals surface area contributed by atoms with Crippen LogP contribution in [0.4, 0.5) is 5.69 Å². The Balaban J connectivity index is 1.59. The average Bonchev–Trinajstić information content (AvgIpc) is 3.38. The first kappa shape index (κ1) is 16.5. The van der Waals surface area contributed by atoms with Gasteiger partial charge >= 0.3 is 5.69 Å². The van der Waals surface area contributed by atoms with E-state index in [1.807, 2.05) is 24.3 Å². The first-order chi connectivity index (χ1) is 13.5. The molecule has 1 aliphatic heterocycles. The number of rotatable bonds is 3. The summed E-state index contributed by atoms with van der Waals surface area (Å²) >= 11 is 1.12. The molecule has 0 saturated heterocycles. The monoisotopic (exact) mass is 396 g/mol. The zero-order valence-electron chi connectivity index (χ0n) is 14.5. The van der Waals surface area contributed by atoms with E-state index < -0.39 is 11.7 Å². The lowest BCUT2D eigenvalue weighted by Gasteiger charge is -2.03. The SMILES string of the molecule is C[n+]1noc([O-])c1C(=O)c1sc2nc(-c3ccc4c(c3)OCO4)ccc2c1N. The van der Waals surface area contributed by atoms with Gasteiger partial charge in [0, 0.05) is 10.9 Å². The van der Waals surface area contributed by atoms with Gasteiger partial charge in [0.2, 0.25) is 6.79 Å². The van der Waals surface area contributed by atoms with Gasteiger partial charge in [-0.3, -0.25) is 4.79 Å². The van der Waals surface area contributed by atoms with Crippen molar-refractivity contribution in [1.29, 1.82) is 0 Å². The molecule has 0 saturated carbocycles. The van der Waals surface area contributed by atoms with E-state index in [1.165, 1.54) is 7.05 Å². The number of fused-ring (bicyclic) bond motifs is 2. The molecule has 0 radical (unpaired) electrons. The number of ether oxygens (including phenoxy) is 2. The van der Waals surface area contributed by atoms with Gasteiger partial charge in [0.1, 0.15) is 9.71 Å². The Hall–Kier alpha value is -3.66. The maximum atomic E-state index is 12.8. The van der Waals surface area contributed by atoms with Gasteiger partial charge < -0.3 is 24.8 Å². The minimum atomic E-state index is -0.807. The highest BCUT2D eigenvalue weighted by Gasteiger charge is 2.29. The number of aromatic nitrogens is 3. The second kappa shape index (κ2) is 5.92. The number of thiophene rings is 1. The fourth-order valence-electron chi connectivity index (χ4n) is 3.04. The van der Waals surface area contributed by atoms with Crippen LogP contribution in [0.2, 0.25) is 0 Å². The van der Waals surface area contributed by atoms with E-state index in [0.29, 0.717) is 27.4 Å². The predicted molar refractivity (Wildman–Crippen MR) is 96.1 cm³/mol. The number of nitrogens with two attached hydrogens (primary N) is 1. The molecule has 3 aromatic heterocycles. The standard InChI is InChI=1S/C18H12N4O5S/c1-22-14(18(24)27-21-22)15(23)16-13(19)9-3-4-10(20-17(9)28-16)8-2-5-11-12(6-8)26-7-25-11/h2-6H,7H2,1H3,(H2-,19,21,23,24). The number of aryl methyl sites for hydroxylation is 1. The third-order valence-electron chi connectivity index (χ3n) is 4.45. The first-order valence-corrected chi connectivity index (χ1v) is 9.01. The molecule has 0 bridgehead atoms. The molecule has 0 unspecified atom stereocenters. The van der Waals surface area contributed by atoms with Crippen LogP contribution in [0.5, 0.6) is 17.4 Å². The molecule has 0 aliphatic carbocycles. The highest BCUT2D eigenvalue weighted by molar-refractivity contribution is 7.21. The van der Waals surface area contributed by atoms with E-state index in [2.05, 4.69) is 14.8 Å². The summed E-state index contributed by atoms with van der Waals surface area (Å²) in [5.74, 6) is -0.00535. The number of hydrogen-bond acceptors (Lipinski definition) is 9. The van der Waals surface area contributed by atoms with Crippen LogP contribution < -0.4 is 25.0 Å². The van der Waals surface area contributed by atoms with E-state index >= 15 is 0 Å². The van der Waals surface area contributed by atoms with Gasteiger partial charge in [-0.15, -0.1) is 11.3 Å². The summed E-state index contributed by atoms with van der Waals surface area (Å²) in [6.07, 6.45) is 0. The average molecular weight is 396 g/mol. The maximum absolute atomic E-state index is 12.8. The van der Waals surface area contributed by atoms with E-state index in [1.54, 1.807) is 6.07 Å². The van der Waals surface area contributed by atoms with Gasteiger partial charge in [0.05, 0.1) is 16.7 Å². The minimum absolute atomic E-state index is 0.186. The zero-order chi connectivity index (χ0) is 19.4. The molecule has 1 aromatic carbocycles. The lowest BCUT2D eigenvalue weighted by molar-refractivity contribution is -0.741. The van der Waals surface area contributed by atoms with Crippen LogP contribution in [0.15, 0.2) is 34.9 Å². The van der Waals surface area contributed by atoms with Gasteiger partial charge in [-0.05, 0) is 30.3 Å². The third kappa shape index (κ3) is 2.38. The van der Waals surface area contributed by atoms with Crippen molar-refractivity contribution < 1.29 is 28.6 Å². The van der Waals surface area contributed by atoms with Crippen molar-refractivity contribution in [3.63, 3.8) is 0 Å². The lowest BCUT2D eigenvalue weighted by atomic mass is 10.1. The molecule has 4 aromatic rings. The molecule has 4 heterocycles. The number of nitrogens with zero attached hydrogens (tertiary/aromatic N) is 3. The van der Waals surface area contributed by atoms with Crippen molar-refractivity contribution in [1.82, 2.24) is 10.3 Å². The number of pyridine rings is 1. The van der Waals surface area contributed by atoms with E-state index in [4.69, 9.17) is 15.2 Å². The zero-order valence-corrected chi connectivity index (χ0v) is 15.3. The first-order valence-electron chi connectivity index (χ1n) is 8.19. The molecule has 0 atom stereocenters. The van der Waals surface area contributed by atoms with Gasteiger partial charge in [-0.1, -0.05) is 4.68 Å². The molecule has 5 rings (SSSR count). The van der Waals surface area contributed by atoms with Crippen LogP contribution in [-0.2, 0) is 7.05 Å². The van der Waals surface area contributed by atoms with Crippen LogP contribution in [0.25, 0.3) is 21.5 Å². The lowest BCUT2D eigenvalue weighted by Crippen LogP contribution is -2.37. The van der Waals surface area contributed by atoms with Crippen molar-refractivity contribution in [2.24, 2.45) is 7.05 Å². The molecular weight excluding hydrogens is 384 g/mol. The Bertz CT molecular complexity index is 1240. The topological polar surface area (TPSA) is 127 Å². The fourth-order valence-corrected chi connectivity index (χ4v) is 4.08. The minimum Gasteiger partial charge on any atom is -0.539 e. The number of ketones is 1. The van der Waals surface area contributed by atoms with Gasteiger partial charge in [-0.25, -0.2) is 4.98 Å². The van der Waals surface area contributed by atoms with Crippen molar-refractivity contribution in [3.05, 3.63) is 40.9 Å². The largest absolute Gasteiger partial charge is 0.539 e. The van der Waals surface area contributed by atoms with Gasteiger partial charge in [0.15, 0.2) is 24.5 Å². The van der Waals surface area contributed by atoms with Crippen molar-refractivity contribution in [2.45, 2.75) is 0 Å². The van der Waals surface area contributed by atoms with Gasteiger partial charge in [-0.2, -0.15) is 0 Å². The summed E-state index contributed by atoms with van der Waals surface area (Å²) in [5.41, 5.74) is 7.79. The normalized spacial score (nSPS) is 12.6. The summed E-state index contributed by atoms with van der Waals surface area (Å²) in [6, 6.07) is 9.17. The maximum Gasteiger partial charge on any atom is 0.305 e. The number of nitrogen functional groups attached to an aromatic ring is 1. The molecule has 1 aliphatic rings. The number of hydrogen-bond donors (Lipinski definition) is 1. The second-order valence-electron chi connectivity index (χ2n) is 6.12.